The van der Waals surface area contributed by atoms with Crippen molar-refractivity contribution >= 4 is 92.3 Å². The van der Waals surface area contributed by atoms with Crippen molar-refractivity contribution in [2.45, 2.75) is 6.54 Å². The van der Waals surface area contributed by atoms with E-state index in [4.69, 9.17) is 0 Å². The molecule has 1 aromatic heterocycles. The molecule has 0 aliphatic carbocycles. The van der Waals surface area contributed by atoms with Gasteiger partial charge in [-0.25, -0.2) is 0 Å². The lowest BCUT2D eigenvalue weighted by atomic mass is 9.79. The van der Waals surface area contributed by atoms with Crippen LogP contribution in [0.2, 0.25) is 0 Å². The summed E-state index contributed by atoms with van der Waals surface area (Å²) in [6.07, 6.45) is 0. The molecule has 3 heteroatoms. The zero-order valence-corrected chi connectivity index (χ0v) is 35.6. The highest BCUT2D eigenvalue weighted by Crippen LogP contribution is 2.55. The van der Waals surface area contributed by atoms with Gasteiger partial charge in [0.25, 0.3) is 0 Å². The van der Waals surface area contributed by atoms with E-state index in [2.05, 4.69) is 228 Å². The normalized spacial score (nSPS) is 12.6. The summed E-state index contributed by atoms with van der Waals surface area (Å²) in [6.45, 7) is 0.873. The number of para-hydroxylation sites is 2. The highest BCUT2D eigenvalue weighted by atomic mass is 32.1. The molecule has 0 radical (unpaired) electrons. The molecular weight excluding hydrogens is 793 g/mol. The second kappa shape index (κ2) is 13.8. The zero-order valence-electron chi connectivity index (χ0n) is 34.8. The van der Waals surface area contributed by atoms with Crippen molar-refractivity contribution in [3.05, 3.63) is 224 Å². The Hall–Kier alpha value is -7.98. The molecule has 0 amide bonds. The van der Waals surface area contributed by atoms with Crippen LogP contribution in [-0.4, -0.2) is 0 Å². The van der Waals surface area contributed by atoms with Crippen molar-refractivity contribution in [1.29, 1.82) is 0 Å². The lowest BCUT2D eigenvalue weighted by Crippen LogP contribution is -2.26. The van der Waals surface area contributed by atoms with Crippen LogP contribution < -0.4 is 9.80 Å². The summed E-state index contributed by atoms with van der Waals surface area (Å²) in [5, 5.41) is 10.3. The molecule has 0 saturated heterocycles. The predicted molar refractivity (Wildman–Crippen MR) is 274 cm³/mol. The van der Waals surface area contributed by atoms with Crippen LogP contribution >= 0.6 is 11.3 Å². The molecular formula is C61H38N2S. The summed E-state index contributed by atoms with van der Waals surface area (Å²) in [5.41, 5.74) is 17.6. The Balaban J connectivity index is 0.930. The van der Waals surface area contributed by atoms with Gasteiger partial charge in [0.2, 0.25) is 0 Å². The minimum atomic E-state index is 0.873. The van der Waals surface area contributed by atoms with Crippen LogP contribution in [0.4, 0.5) is 28.4 Å². The van der Waals surface area contributed by atoms with Crippen LogP contribution in [0, 0.1) is 0 Å². The van der Waals surface area contributed by atoms with Crippen molar-refractivity contribution in [2.24, 2.45) is 0 Å². The van der Waals surface area contributed by atoms with E-state index in [0.717, 1.165) is 23.6 Å². The van der Waals surface area contributed by atoms with Crippen LogP contribution in [0.25, 0.3) is 97.0 Å². The van der Waals surface area contributed by atoms with Gasteiger partial charge in [-0.2, -0.15) is 0 Å². The minimum Gasteiger partial charge on any atom is -0.336 e. The van der Waals surface area contributed by atoms with E-state index in [1.165, 1.54) is 114 Å². The number of fused-ring (bicyclic) bond motifs is 16. The summed E-state index contributed by atoms with van der Waals surface area (Å²) in [6, 6.07) is 81.2. The zero-order chi connectivity index (χ0) is 41.9. The molecule has 0 atom stereocenters. The number of anilines is 5. The first-order valence-corrected chi connectivity index (χ1v) is 22.9. The lowest BCUT2D eigenvalue weighted by Gasteiger charge is -2.40. The average Bonchev–Trinajstić information content (AvgIpc) is 3.76. The molecule has 0 fully saturated rings. The van der Waals surface area contributed by atoms with Crippen molar-refractivity contribution in [3.8, 4) is 44.5 Å². The fourth-order valence-electron chi connectivity index (χ4n) is 11.0. The van der Waals surface area contributed by atoms with Gasteiger partial charge in [-0.15, -0.1) is 11.3 Å². The fraction of sp³-hybridized carbons (Fsp3) is 0.0164. The van der Waals surface area contributed by atoms with E-state index in [0.29, 0.717) is 0 Å². The highest BCUT2D eigenvalue weighted by molar-refractivity contribution is 7.26. The molecule has 14 rings (SSSR count). The number of benzene rings is 11. The van der Waals surface area contributed by atoms with Gasteiger partial charge >= 0.3 is 0 Å². The van der Waals surface area contributed by atoms with Gasteiger partial charge in [-0.05, 0) is 126 Å². The largest absolute Gasteiger partial charge is 0.336 e. The summed E-state index contributed by atoms with van der Waals surface area (Å²) < 4.78 is 2.65. The third-order valence-electron chi connectivity index (χ3n) is 13.8. The average molecular weight is 831 g/mol. The number of rotatable bonds is 5. The summed E-state index contributed by atoms with van der Waals surface area (Å²) in [7, 11) is 0. The first kappa shape index (κ1) is 35.6. The molecule has 2 aliphatic heterocycles. The Morgan fingerprint density at radius 3 is 1.55 bits per heavy atom. The Bertz CT molecular complexity index is 3840. The molecule has 298 valence electrons. The molecule has 3 heterocycles. The van der Waals surface area contributed by atoms with Gasteiger partial charge in [0.05, 0.1) is 0 Å². The van der Waals surface area contributed by atoms with Crippen molar-refractivity contribution in [2.75, 3.05) is 9.80 Å². The van der Waals surface area contributed by atoms with E-state index in [9.17, 15) is 0 Å². The first-order chi connectivity index (χ1) is 31.7. The molecule has 12 aromatic rings. The van der Waals surface area contributed by atoms with Gasteiger partial charge in [0.15, 0.2) is 0 Å². The second-order valence-corrected chi connectivity index (χ2v) is 18.2. The Morgan fingerprint density at radius 1 is 0.344 bits per heavy atom. The second-order valence-electron chi connectivity index (χ2n) is 17.2. The number of hydrogen-bond donors (Lipinski definition) is 0. The van der Waals surface area contributed by atoms with E-state index < -0.39 is 0 Å². The molecule has 0 saturated carbocycles. The number of thiophene rings is 1. The SMILES string of the molecule is c1ccc2c(c1)-c1ccc(-c3ccc(N(c4ccc(-c5cccc6c5sc5ccccc56)cc4)c4ccc5c6ccccc6c6ccccc6c5c4)cc3)c3c1CN2c1ccccc1-3. The standard InChI is InChI=1S/C61H38N2S/c1-2-14-47-45(12-1)46-13-3-4-15-48(46)55-36-42(32-33-49(47)55)63(41-30-26-39(27-31-41)44-19-11-20-53-52-17-7-10-23-59(52)64-61(44)53)40-28-24-38(25-29-40)43-34-35-50-51-16-5-8-21-57(51)62-37-56(50)60(43)54-18-6-9-22-58(54)62/h1-36H,37H2. The first-order valence-electron chi connectivity index (χ1n) is 22.1. The molecule has 11 aromatic carbocycles. The van der Waals surface area contributed by atoms with E-state index in [-0.39, 0.29) is 0 Å². The highest BCUT2D eigenvalue weighted by Gasteiger charge is 2.33. The van der Waals surface area contributed by atoms with Crippen molar-refractivity contribution in [3.63, 3.8) is 0 Å². The number of hydrogen-bond acceptors (Lipinski definition) is 3. The van der Waals surface area contributed by atoms with Gasteiger partial charge in [0.1, 0.15) is 0 Å². The molecule has 2 bridgehead atoms. The molecule has 2 nitrogen and oxygen atoms in total. The monoisotopic (exact) mass is 830 g/mol. The smallest absolute Gasteiger partial charge is 0.0494 e. The predicted octanol–water partition coefficient (Wildman–Crippen LogP) is 17.6. The van der Waals surface area contributed by atoms with Crippen LogP contribution in [0.3, 0.4) is 0 Å². The third kappa shape index (κ3) is 5.19. The summed E-state index contributed by atoms with van der Waals surface area (Å²) >= 11 is 1.88. The Labute approximate surface area is 375 Å². The third-order valence-corrected chi connectivity index (χ3v) is 15.1. The topological polar surface area (TPSA) is 6.48 Å². The van der Waals surface area contributed by atoms with E-state index >= 15 is 0 Å². The van der Waals surface area contributed by atoms with Gasteiger partial charge in [-0.3, -0.25) is 0 Å². The molecule has 2 aliphatic rings. The lowest BCUT2D eigenvalue weighted by molar-refractivity contribution is 0.948. The van der Waals surface area contributed by atoms with Gasteiger partial charge in [0, 0.05) is 66.3 Å². The van der Waals surface area contributed by atoms with Gasteiger partial charge in [-0.1, -0.05) is 164 Å². The minimum absolute atomic E-state index is 0.873. The summed E-state index contributed by atoms with van der Waals surface area (Å²) in [5.74, 6) is 0. The summed E-state index contributed by atoms with van der Waals surface area (Å²) in [4.78, 5) is 4.92. The van der Waals surface area contributed by atoms with Crippen LogP contribution in [0.5, 0.6) is 0 Å². The quantitative estimate of drug-likeness (QED) is 0.159. The molecule has 0 unspecified atom stereocenters. The fourth-order valence-corrected chi connectivity index (χ4v) is 12.2. The van der Waals surface area contributed by atoms with Crippen LogP contribution in [0.1, 0.15) is 5.56 Å². The maximum Gasteiger partial charge on any atom is 0.0494 e. The van der Waals surface area contributed by atoms with Crippen LogP contribution in [0.15, 0.2) is 218 Å². The molecule has 64 heavy (non-hydrogen) atoms. The Morgan fingerprint density at radius 2 is 0.844 bits per heavy atom. The maximum absolute atomic E-state index is 2.49. The van der Waals surface area contributed by atoms with Gasteiger partial charge < -0.3 is 9.80 Å². The van der Waals surface area contributed by atoms with Crippen LogP contribution in [-0.2, 0) is 6.54 Å². The molecule has 0 spiro atoms. The molecule has 0 N–H and O–H groups in total. The van der Waals surface area contributed by atoms with Crippen molar-refractivity contribution < 1.29 is 0 Å². The Kier molecular flexibility index (Phi) is 7.65. The number of nitrogens with zero attached hydrogens (tertiary/aromatic N) is 2. The van der Waals surface area contributed by atoms with E-state index in [1.54, 1.807) is 0 Å². The maximum atomic E-state index is 2.49. The van der Waals surface area contributed by atoms with Crippen molar-refractivity contribution in [1.82, 2.24) is 0 Å². The van der Waals surface area contributed by atoms with E-state index in [1.807, 2.05) is 11.3 Å².